The number of hydrogen-bond acceptors (Lipinski definition) is 3. The molecule has 7 heteroatoms. The fraction of sp³-hybridized carbons (Fsp3) is 0.312. The zero-order valence-corrected chi connectivity index (χ0v) is 14.2. The molecule has 23 heavy (non-hydrogen) atoms. The second-order valence-corrected chi connectivity index (χ2v) is 6.86. The van der Waals surface area contributed by atoms with Crippen LogP contribution >= 0.6 is 11.6 Å². The van der Waals surface area contributed by atoms with Crippen LogP contribution in [0, 0.1) is 0 Å². The van der Waals surface area contributed by atoms with Crippen LogP contribution in [0.2, 0.25) is 5.02 Å². The van der Waals surface area contributed by atoms with Crippen molar-refractivity contribution in [1.82, 2.24) is 19.8 Å². The van der Waals surface area contributed by atoms with Crippen LogP contribution in [0.4, 0.5) is 5.69 Å². The molecule has 0 aliphatic carbocycles. The molecule has 0 saturated carbocycles. The number of aromatic amines is 1. The highest BCUT2D eigenvalue weighted by Crippen LogP contribution is 2.32. The third-order valence-corrected chi connectivity index (χ3v) is 3.77. The minimum absolute atomic E-state index is 0.116. The van der Waals surface area contributed by atoms with E-state index in [-0.39, 0.29) is 11.3 Å². The lowest BCUT2D eigenvalue weighted by molar-refractivity contribution is -0.114. The molecule has 3 rings (SSSR count). The third-order valence-electron chi connectivity index (χ3n) is 3.41. The highest BCUT2D eigenvalue weighted by atomic mass is 35.5. The smallest absolute Gasteiger partial charge is 0.221 e. The SMILES string of the molecule is CC(=O)Nc1cccc(-c2nn3nc(C(C)(C)C)c(Cl)c3[nH]2)c1. The summed E-state index contributed by atoms with van der Waals surface area (Å²) in [7, 11) is 0. The van der Waals surface area contributed by atoms with Crippen LogP contribution in [0.25, 0.3) is 17.0 Å². The topological polar surface area (TPSA) is 75.1 Å². The zero-order valence-electron chi connectivity index (χ0n) is 13.4. The molecule has 6 nitrogen and oxygen atoms in total. The number of nitrogens with zero attached hydrogens (tertiary/aromatic N) is 3. The van der Waals surface area contributed by atoms with E-state index in [9.17, 15) is 4.79 Å². The van der Waals surface area contributed by atoms with Gasteiger partial charge in [-0.05, 0) is 12.1 Å². The highest BCUT2D eigenvalue weighted by molar-refractivity contribution is 6.34. The lowest BCUT2D eigenvalue weighted by Crippen LogP contribution is -2.13. The van der Waals surface area contributed by atoms with Crippen molar-refractivity contribution in [3.05, 3.63) is 35.0 Å². The van der Waals surface area contributed by atoms with Gasteiger partial charge in [0.2, 0.25) is 5.91 Å². The summed E-state index contributed by atoms with van der Waals surface area (Å²) in [5.74, 6) is 0.524. The quantitative estimate of drug-likeness (QED) is 0.753. The van der Waals surface area contributed by atoms with Crippen molar-refractivity contribution in [1.29, 1.82) is 0 Å². The third kappa shape index (κ3) is 2.94. The maximum atomic E-state index is 11.2. The Balaban J connectivity index is 2.03. The number of fused-ring (bicyclic) bond motifs is 1. The molecule has 0 fully saturated rings. The number of carbonyl (C=O) groups is 1. The van der Waals surface area contributed by atoms with Crippen LogP contribution in [-0.4, -0.2) is 25.7 Å². The Morgan fingerprint density at radius 1 is 1.30 bits per heavy atom. The summed E-state index contributed by atoms with van der Waals surface area (Å²) >= 11 is 6.43. The molecule has 1 aromatic carbocycles. The Bertz CT molecular complexity index is 888. The van der Waals surface area contributed by atoms with E-state index in [0.29, 0.717) is 22.2 Å². The molecule has 3 aromatic rings. The average molecular weight is 332 g/mol. The monoisotopic (exact) mass is 331 g/mol. The van der Waals surface area contributed by atoms with Gasteiger partial charge in [-0.1, -0.05) is 44.5 Å². The lowest BCUT2D eigenvalue weighted by atomic mass is 9.92. The van der Waals surface area contributed by atoms with Crippen molar-refractivity contribution < 1.29 is 4.79 Å². The highest BCUT2D eigenvalue weighted by Gasteiger charge is 2.25. The molecule has 0 spiro atoms. The predicted octanol–water partition coefficient (Wildman–Crippen LogP) is 3.63. The van der Waals surface area contributed by atoms with Gasteiger partial charge in [-0.15, -0.1) is 9.73 Å². The molecular weight excluding hydrogens is 314 g/mol. The molecule has 2 aromatic heterocycles. The van der Waals surface area contributed by atoms with Crippen LogP contribution < -0.4 is 5.32 Å². The first-order valence-corrected chi connectivity index (χ1v) is 7.66. The van der Waals surface area contributed by atoms with Crippen molar-refractivity contribution in [3.8, 4) is 11.4 Å². The van der Waals surface area contributed by atoms with Crippen molar-refractivity contribution in [2.24, 2.45) is 0 Å². The predicted molar refractivity (Wildman–Crippen MR) is 90.8 cm³/mol. The van der Waals surface area contributed by atoms with E-state index in [4.69, 9.17) is 11.6 Å². The summed E-state index contributed by atoms with van der Waals surface area (Å²) in [6.45, 7) is 7.64. The summed E-state index contributed by atoms with van der Waals surface area (Å²) in [6, 6.07) is 7.43. The Hall–Kier alpha value is -2.34. The molecule has 2 heterocycles. The Morgan fingerprint density at radius 3 is 2.65 bits per heavy atom. The van der Waals surface area contributed by atoms with E-state index in [0.717, 1.165) is 11.3 Å². The minimum atomic E-state index is -0.156. The maximum absolute atomic E-state index is 11.2. The summed E-state index contributed by atoms with van der Waals surface area (Å²) < 4.78 is 1.52. The van der Waals surface area contributed by atoms with E-state index in [1.54, 1.807) is 0 Å². The second-order valence-electron chi connectivity index (χ2n) is 6.49. The molecule has 2 N–H and O–H groups in total. The van der Waals surface area contributed by atoms with Crippen molar-refractivity contribution in [2.45, 2.75) is 33.1 Å². The molecule has 0 unspecified atom stereocenters. The number of hydrogen-bond donors (Lipinski definition) is 2. The van der Waals surface area contributed by atoms with Gasteiger partial charge in [0.25, 0.3) is 0 Å². The summed E-state index contributed by atoms with van der Waals surface area (Å²) in [6.07, 6.45) is 0. The van der Waals surface area contributed by atoms with Crippen LogP contribution in [0.5, 0.6) is 0 Å². The van der Waals surface area contributed by atoms with E-state index < -0.39 is 0 Å². The lowest BCUT2D eigenvalue weighted by Gasteiger charge is -2.14. The molecule has 0 aliphatic heterocycles. The number of amides is 1. The van der Waals surface area contributed by atoms with Crippen molar-refractivity contribution >= 4 is 28.8 Å². The number of benzene rings is 1. The summed E-state index contributed by atoms with van der Waals surface area (Å²) in [4.78, 5) is 14.4. The minimum Gasteiger partial charge on any atom is -0.326 e. The van der Waals surface area contributed by atoms with E-state index in [1.165, 1.54) is 11.6 Å². The number of aromatic nitrogens is 4. The van der Waals surface area contributed by atoms with Gasteiger partial charge in [0.15, 0.2) is 11.5 Å². The number of carbonyl (C=O) groups excluding carboxylic acids is 1. The van der Waals surface area contributed by atoms with Crippen molar-refractivity contribution in [3.63, 3.8) is 0 Å². The summed E-state index contributed by atoms with van der Waals surface area (Å²) in [5, 5.41) is 12.3. The largest absolute Gasteiger partial charge is 0.326 e. The molecule has 0 aliphatic rings. The fourth-order valence-corrected chi connectivity index (χ4v) is 2.80. The molecule has 0 saturated heterocycles. The van der Waals surface area contributed by atoms with Crippen LogP contribution in [0.1, 0.15) is 33.4 Å². The second kappa shape index (κ2) is 5.38. The zero-order chi connectivity index (χ0) is 16.8. The fourth-order valence-electron chi connectivity index (χ4n) is 2.35. The van der Waals surface area contributed by atoms with Gasteiger partial charge >= 0.3 is 0 Å². The summed E-state index contributed by atoms with van der Waals surface area (Å²) in [5.41, 5.74) is 2.87. The van der Waals surface area contributed by atoms with Crippen LogP contribution in [0.15, 0.2) is 24.3 Å². The Labute approximate surface area is 138 Å². The van der Waals surface area contributed by atoms with Gasteiger partial charge in [0, 0.05) is 23.6 Å². The molecule has 120 valence electrons. The standard InChI is InChI=1S/C16H18ClN5O/c1-9(23)18-11-7-5-6-10(8-11)14-19-15-12(17)13(16(2,3)4)20-22(15)21-14/h5-8H,1-4H3,(H,18,23)(H,19,21). The van der Waals surface area contributed by atoms with Gasteiger partial charge in [0.05, 0.1) is 5.69 Å². The van der Waals surface area contributed by atoms with E-state index in [2.05, 4.69) is 41.3 Å². The number of nitrogens with one attached hydrogen (secondary N) is 2. The molecule has 0 atom stereocenters. The van der Waals surface area contributed by atoms with Gasteiger partial charge in [-0.3, -0.25) is 4.79 Å². The van der Waals surface area contributed by atoms with Crippen LogP contribution in [-0.2, 0) is 10.2 Å². The number of H-pyrrole nitrogens is 1. The number of halogens is 1. The van der Waals surface area contributed by atoms with Crippen LogP contribution in [0.3, 0.4) is 0 Å². The first-order valence-electron chi connectivity index (χ1n) is 7.29. The average Bonchev–Trinajstić information content (AvgIpc) is 2.98. The molecule has 0 radical (unpaired) electrons. The number of rotatable bonds is 2. The Kier molecular flexibility index (Phi) is 3.64. The maximum Gasteiger partial charge on any atom is 0.221 e. The normalized spacial score (nSPS) is 11.9. The van der Waals surface area contributed by atoms with E-state index in [1.807, 2.05) is 24.3 Å². The van der Waals surface area contributed by atoms with Gasteiger partial charge in [0.1, 0.15) is 5.02 Å². The first-order chi connectivity index (χ1) is 10.8. The van der Waals surface area contributed by atoms with Crippen molar-refractivity contribution in [2.75, 3.05) is 5.32 Å². The first kappa shape index (κ1) is 15.6. The van der Waals surface area contributed by atoms with Gasteiger partial charge in [-0.25, -0.2) is 0 Å². The van der Waals surface area contributed by atoms with E-state index >= 15 is 0 Å². The van der Waals surface area contributed by atoms with Gasteiger partial charge < -0.3 is 10.3 Å². The van der Waals surface area contributed by atoms with Gasteiger partial charge in [-0.2, -0.15) is 5.10 Å². The molecule has 1 amide bonds. The molecule has 0 bridgehead atoms. The Morgan fingerprint density at radius 2 is 2.04 bits per heavy atom. The molecular formula is C16H18ClN5O. The number of anilines is 1.